The molecule has 1 aromatic carbocycles. The molecule has 0 aliphatic heterocycles. The summed E-state index contributed by atoms with van der Waals surface area (Å²) in [5.41, 5.74) is 2.89. The standard InChI is InChI=1S/C12H10ClN4.BF4/c1-9-2-7-12-14-15-17(16(12)8-9)11-5-3-10(13)4-6-11;2-1(3,4)5/h2-8H,1H3;/q+1;-1. The van der Waals surface area contributed by atoms with Crippen molar-refractivity contribution in [2.45, 2.75) is 6.92 Å². The van der Waals surface area contributed by atoms with Gasteiger partial charge in [-0.15, -0.1) is 4.52 Å². The van der Waals surface area contributed by atoms with Gasteiger partial charge in [0.1, 0.15) is 10.8 Å². The van der Waals surface area contributed by atoms with Crippen molar-refractivity contribution in [2.75, 3.05) is 0 Å². The van der Waals surface area contributed by atoms with Crippen molar-refractivity contribution in [3.8, 4) is 5.69 Å². The number of tetrazole rings is 1. The Balaban J connectivity index is 0.000000309. The van der Waals surface area contributed by atoms with Crippen LogP contribution in [0.2, 0.25) is 5.02 Å². The number of benzene rings is 1. The maximum absolute atomic E-state index is 9.75. The first-order valence-corrected chi connectivity index (χ1v) is 6.49. The quantitative estimate of drug-likeness (QED) is 0.389. The molecule has 0 atom stereocenters. The number of halogens is 5. The smallest absolute Gasteiger partial charge is 0.418 e. The SMILES string of the molecule is Cc1ccc2nnn(-c3ccc(Cl)cc3)[n+]2c1.F[B-](F)(F)F. The third-order valence-electron chi connectivity index (χ3n) is 2.55. The highest BCUT2D eigenvalue weighted by atomic mass is 35.5. The molecule has 22 heavy (non-hydrogen) atoms. The van der Waals surface area contributed by atoms with Crippen LogP contribution in [-0.4, -0.2) is 22.4 Å². The third-order valence-corrected chi connectivity index (χ3v) is 2.80. The molecule has 3 aromatic rings. The van der Waals surface area contributed by atoms with Gasteiger partial charge in [-0.1, -0.05) is 11.6 Å². The van der Waals surface area contributed by atoms with E-state index in [9.17, 15) is 17.3 Å². The molecule has 4 nitrogen and oxygen atoms in total. The van der Waals surface area contributed by atoms with Gasteiger partial charge in [0.05, 0.1) is 6.20 Å². The van der Waals surface area contributed by atoms with Crippen LogP contribution >= 0.6 is 11.6 Å². The van der Waals surface area contributed by atoms with E-state index in [4.69, 9.17) is 11.6 Å². The lowest BCUT2D eigenvalue weighted by Crippen LogP contribution is -2.32. The van der Waals surface area contributed by atoms with E-state index in [1.165, 1.54) is 0 Å². The molecular weight excluding hydrogens is 322 g/mol. The Labute approximate surface area is 128 Å². The van der Waals surface area contributed by atoms with Crippen LogP contribution < -0.4 is 4.52 Å². The molecule has 0 bridgehead atoms. The summed E-state index contributed by atoms with van der Waals surface area (Å²) in [5.74, 6) is 0. The Hall–Kier alpha value is -2.16. The molecule has 0 saturated heterocycles. The van der Waals surface area contributed by atoms with Gasteiger partial charge in [0, 0.05) is 11.1 Å². The summed E-state index contributed by atoms with van der Waals surface area (Å²) in [6, 6.07) is 11.4. The first-order chi connectivity index (χ1) is 10.2. The van der Waals surface area contributed by atoms with E-state index in [0.29, 0.717) is 5.02 Å². The van der Waals surface area contributed by atoms with Crippen LogP contribution in [-0.2, 0) is 0 Å². The fourth-order valence-electron chi connectivity index (χ4n) is 1.70. The highest BCUT2D eigenvalue weighted by Crippen LogP contribution is 2.11. The summed E-state index contributed by atoms with van der Waals surface area (Å²) < 4.78 is 40.9. The van der Waals surface area contributed by atoms with E-state index in [-0.39, 0.29) is 0 Å². The Bertz CT molecular complexity index is 767. The van der Waals surface area contributed by atoms with E-state index in [1.54, 1.807) is 4.80 Å². The van der Waals surface area contributed by atoms with E-state index in [1.807, 2.05) is 54.0 Å². The fourth-order valence-corrected chi connectivity index (χ4v) is 1.82. The van der Waals surface area contributed by atoms with Crippen LogP contribution in [0.15, 0.2) is 42.6 Å². The van der Waals surface area contributed by atoms with Gasteiger partial charge in [0.25, 0.3) is 0 Å². The van der Waals surface area contributed by atoms with Crippen molar-refractivity contribution in [1.82, 2.24) is 15.1 Å². The first kappa shape index (κ1) is 16.2. The number of nitrogens with zero attached hydrogens (tertiary/aromatic N) is 4. The van der Waals surface area contributed by atoms with E-state index >= 15 is 0 Å². The molecular formula is C12H10BClF4N4. The van der Waals surface area contributed by atoms with E-state index in [0.717, 1.165) is 16.9 Å². The molecule has 0 spiro atoms. The summed E-state index contributed by atoms with van der Waals surface area (Å²) in [4.78, 5) is 1.73. The summed E-state index contributed by atoms with van der Waals surface area (Å²) in [7, 11) is -6.00. The zero-order valence-corrected chi connectivity index (χ0v) is 12.1. The molecule has 0 N–H and O–H groups in total. The van der Waals surface area contributed by atoms with E-state index in [2.05, 4.69) is 10.3 Å². The molecule has 3 rings (SSSR count). The molecule has 0 aliphatic carbocycles. The summed E-state index contributed by atoms with van der Waals surface area (Å²) in [5, 5.41) is 8.93. The largest absolute Gasteiger partial charge is 0.673 e. The lowest BCUT2D eigenvalue weighted by molar-refractivity contribution is -0.604. The van der Waals surface area contributed by atoms with Gasteiger partial charge in [0.2, 0.25) is 0 Å². The lowest BCUT2D eigenvalue weighted by atomic mass is 10.3. The topological polar surface area (TPSA) is 34.8 Å². The van der Waals surface area contributed by atoms with Crippen LogP contribution in [0.5, 0.6) is 0 Å². The first-order valence-electron chi connectivity index (χ1n) is 6.11. The third kappa shape index (κ3) is 4.42. The minimum absolute atomic E-state index is 0.708. The van der Waals surface area contributed by atoms with Crippen LogP contribution in [0.25, 0.3) is 11.3 Å². The Kier molecular flexibility index (Phi) is 4.65. The lowest BCUT2D eigenvalue weighted by Gasteiger charge is -1.97. The van der Waals surface area contributed by atoms with Crippen molar-refractivity contribution in [3.05, 3.63) is 53.2 Å². The molecule has 2 aromatic heterocycles. The molecule has 0 fully saturated rings. The number of rotatable bonds is 1. The molecule has 0 saturated carbocycles. The molecule has 0 amide bonds. The van der Waals surface area contributed by atoms with E-state index < -0.39 is 7.25 Å². The molecule has 116 valence electrons. The second kappa shape index (κ2) is 6.31. The van der Waals surface area contributed by atoms with Crippen LogP contribution in [0.3, 0.4) is 0 Å². The Morgan fingerprint density at radius 2 is 1.64 bits per heavy atom. The Morgan fingerprint density at radius 3 is 2.23 bits per heavy atom. The maximum atomic E-state index is 9.75. The summed E-state index contributed by atoms with van der Waals surface area (Å²) >= 11 is 5.86. The number of fused-ring (bicyclic) bond motifs is 1. The molecule has 2 heterocycles. The zero-order valence-electron chi connectivity index (χ0n) is 11.3. The number of hydrogen-bond donors (Lipinski definition) is 0. The predicted octanol–water partition coefficient (Wildman–Crippen LogP) is 3.27. The number of aromatic nitrogens is 4. The second-order valence-electron chi connectivity index (χ2n) is 4.36. The minimum Gasteiger partial charge on any atom is -0.418 e. The fraction of sp³-hybridized carbons (Fsp3) is 0.0833. The van der Waals surface area contributed by atoms with Gasteiger partial charge in [0.15, 0.2) is 5.21 Å². The van der Waals surface area contributed by atoms with Crippen molar-refractivity contribution in [3.63, 3.8) is 0 Å². The minimum atomic E-state index is -6.00. The van der Waals surface area contributed by atoms with Gasteiger partial charge in [-0.05, 0) is 47.6 Å². The highest BCUT2D eigenvalue weighted by molar-refractivity contribution is 6.50. The average Bonchev–Trinajstić information content (AvgIpc) is 2.81. The van der Waals surface area contributed by atoms with Crippen LogP contribution in [0.4, 0.5) is 17.3 Å². The molecule has 0 radical (unpaired) electrons. The van der Waals surface area contributed by atoms with Crippen molar-refractivity contribution >= 4 is 24.5 Å². The van der Waals surface area contributed by atoms with Crippen LogP contribution in [0, 0.1) is 6.92 Å². The summed E-state index contributed by atoms with van der Waals surface area (Å²) in [6.07, 6.45) is 1.99. The van der Waals surface area contributed by atoms with Gasteiger partial charge >= 0.3 is 12.9 Å². The maximum Gasteiger partial charge on any atom is 0.673 e. The summed E-state index contributed by atoms with van der Waals surface area (Å²) in [6.45, 7) is 2.03. The van der Waals surface area contributed by atoms with Gasteiger partial charge < -0.3 is 17.3 Å². The Morgan fingerprint density at radius 1 is 1.05 bits per heavy atom. The molecule has 0 unspecified atom stereocenters. The molecule has 10 heteroatoms. The van der Waals surface area contributed by atoms with Gasteiger partial charge in [-0.25, -0.2) is 0 Å². The zero-order chi connectivity index (χ0) is 16.3. The molecule has 0 aliphatic rings. The van der Waals surface area contributed by atoms with Gasteiger partial charge in [-0.2, -0.15) is 0 Å². The van der Waals surface area contributed by atoms with Crippen molar-refractivity contribution in [2.24, 2.45) is 0 Å². The van der Waals surface area contributed by atoms with Crippen LogP contribution in [0.1, 0.15) is 5.56 Å². The second-order valence-corrected chi connectivity index (χ2v) is 4.80. The van der Waals surface area contributed by atoms with Gasteiger partial charge in [-0.3, -0.25) is 0 Å². The van der Waals surface area contributed by atoms with Crippen molar-refractivity contribution in [1.29, 1.82) is 0 Å². The number of pyridine rings is 1. The average molecular weight is 332 g/mol. The number of hydrogen-bond acceptors (Lipinski definition) is 2. The predicted molar refractivity (Wildman–Crippen MR) is 74.5 cm³/mol. The monoisotopic (exact) mass is 332 g/mol. The number of aryl methyl sites for hydroxylation is 1. The van der Waals surface area contributed by atoms with Crippen molar-refractivity contribution < 1.29 is 21.8 Å². The normalized spacial score (nSPS) is 11.2. The highest BCUT2D eigenvalue weighted by Gasteiger charge is 2.20.